The Morgan fingerprint density at radius 3 is 1.40 bits per heavy atom. The van der Waals surface area contributed by atoms with E-state index in [1.54, 1.807) is 0 Å². The molecule has 6 aromatic rings. The molecule has 0 spiro atoms. The van der Waals surface area contributed by atoms with Crippen LogP contribution in [0.3, 0.4) is 0 Å². The first-order valence-electron chi connectivity index (χ1n) is 21.8. The van der Waals surface area contributed by atoms with Crippen molar-refractivity contribution in [1.29, 1.82) is 0 Å². The predicted octanol–water partition coefficient (Wildman–Crippen LogP) is 14.0. The standard InChI is InChI=1S/2C22H25.C12H9Si.2ClH.Hf/c2*1-14-10-15(2)16(3)20(11-14)19-9-7-8-17-12-18(13-21(17)19)22(4,5)6;1-3-7-11-9(5-1)10-6-2-4-8-12(10)13-11;;;/h2*7-13H,1-6H3;1-7H,13H2;2*1H;/q;;;;;+2/p-2. The van der Waals surface area contributed by atoms with Gasteiger partial charge < -0.3 is 0 Å². The Bertz CT molecular complexity index is 2730. The Kier molecular flexibility index (Phi) is 9.93. The SMILES string of the molecule is Cc1cc(C)c(C)c(-c2cccc3c2C=C(C(C)(C)C)[CH]3[Hf]([Cl])([Cl])([c]2cccc3c2[SiH2]c2ccccc2-3)[CH]2C(C(C)(C)C)=Cc3c(-c4cc(C)cc(C)c4C)cccc32)c1. The van der Waals surface area contributed by atoms with Crippen LogP contribution in [0, 0.1) is 52.4 Å². The van der Waals surface area contributed by atoms with E-state index in [1.165, 1.54) is 114 Å². The molecule has 2 atom stereocenters. The number of rotatable bonds is 5. The summed E-state index contributed by atoms with van der Waals surface area (Å²) in [6.45, 7) is 27.8. The number of fused-ring (bicyclic) bond motifs is 5. The Morgan fingerprint density at radius 1 is 0.483 bits per heavy atom. The summed E-state index contributed by atoms with van der Waals surface area (Å²) >= 11 is -5.96. The summed E-state index contributed by atoms with van der Waals surface area (Å²) in [6.07, 6.45) is 5.07. The van der Waals surface area contributed by atoms with Gasteiger partial charge in [0.05, 0.1) is 0 Å². The summed E-state index contributed by atoms with van der Waals surface area (Å²) in [7, 11) is 18.1. The van der Waals surface area contributed by atoms with E-state index in [9.17, 15) is 17.2 Å². The van der Waals surface area contributed by atoms with E-state index in [4.69, 9.17) is 0 Å². The third-order valence-electron chi connectivity index (χ3n) is 14.5. The van der Waals surface area contributed by atoms with Crippen molar-refractivity contribution in [2.45, 2.75) is 90.4 Å². The van der Waals surface area contributed by atoms with Crippen LogP contribution in [0.5, 0.6) is 0 Å². The van der Waals surface area contributed by atoms with E-state index >= 15 is 0 Å². The van der Waals surface area contributed by atoms with E-state index in [0.717, 1.165) is 0 Å². The number of aryl methyl sites for hydroxylation is 4. The molecule has 0 aromatic heterocycles. The van der Waals surface area contributed by atoms with Gasteiger partial charge in [-0.15, -0.1) is 0 Å². The van der Waals surface area contributed by atoms with Gasteiger partial charge in [-0.3, -0.25) is 0 Å². The zero-order valence-electron chi connectivity index (χ0n) is 37.6. The number of hydrogen-bond acceptors (Lipinski definition) is 0. The molecule has 1 aliphatic heterocycles. The van der Waals surface area contributed by atoms with E-state index < -0.39 is 25.7 Å². The fraction of sp³-hybridized carbons (Fsp3) is 0.286. The molecule has 0 nitrogen and oxygen atoms in total. The molecule has 0 N–H and O–H groups in total. The summed E-state index contributed by atoms with van der Waals surface area (Å²) < 4.78 is 0.991. The van der Waals surface area contributed by atoms with Gasteiger partial charge >= 0.3 is 373 Å². The van der Waals surface area contributed by atoms with Crippen LogP contribution in [0.1, 0.15) is 105 Å². The van der Waals surface area contributed by atoms with Crippen molar-refractivity contribution in [1.82, 2.24) is 0 Å². The van der Waals surface area contributed by atoms with Gasteiger partial charge in [0.2, 0.25) is 0 Å². The Balaban J connectivity index is 1.42. The summed E-state index contributed by atoms with van der Waals surface area (Å²) in [6, 6.07) is 39.5. The monoisotopic (exact) mass is 1010 g/mol. The van der Waals surface area contributed by atoms with Crippen molar-refractivity contribution in [3.05, 3.63) is 170 Å². The van der Waals surface area contributed by atoms with Crippen molar-refractivity contribution in [2.75, 3.05) is 0 Å². The molecule has 3 aliphatic rings. The van der Waals surface area contributed by atoms with Crippen LogP contribution < -0.4 is 13.7 Å². The first kappa shape index (κ1) is 41.8. The molecular formula is C56H59Cl2HfSi. The van der Waals surface area contributed by atoms with Crippen LogP contribution in [0.25, 0.3) is 45.5 Å². The quantitative estimate of drug-likeness (QED) is 0.151. The molecule has 0 amide bonds. The van der Waals surface area contributed by atoms with Gasteiger partial charge in [0.15, 0.2) is 0 Å². The third-order valence-corrected chi connectivity index (χ3v) is 45.8. The average molecular weight is 1010 g/mol. The molecule has 6 aromatic carbocycles. The van der Waals surface area contributed by atoms with E-state index in [-0.39, 0.29) is 18.2 Å². The van der Waals surface area contributed by atoms with E-state index in [1.807, 2.05) is 0 Å². The first-order chi connectivity index (χ1) is 28.2. The number of hydrogen-bond donors (Lipinski definition) is 0. The van der Waals surface area contributed by atoms with Crippen molar-refractivity contribution in [3.63, 3.8) is 0 Å². The fourth-order valence-electron chi connectivity index (χ4n) is 11.4. The van der Waals surface area contributed by atoms with Crippen LogP contribution in [-0.4, -0.2) is 9.52 Å². The molecule has 0 bridgehead atoms. The molecule has 0 radical (unpaired) electrons. The van der Waals surface area contributed by atoms with Gasteiger partial charge in [0, 0.05) is 0 Å². The van der Waals surface area contributed by atoms with E-state index in [2.05, 4.69) is 198 Å². The summed E-state index contributed by atoms with van der Waals surface area (Å²) in [4.78, 5) is 0. The molecule has 0 fully saturated rings. The first-order valence-corrected chi connectivity index (χ1v) is 38.1. The van der Waals surface area contributed by atoms with Gasteiger partial charge in [0.1, 0.15) is 0 Å². The summed E-state index contributed by atoms with van der Waals surface area (Å²) in [5, 5.41) is 2.95. The van der Waals surface area contributed by atoms with Crippen LogP contribution in [0.4, 0.5) is 0 Å². The molecule has 60 heavy (non-hydrogen) atoms. The van der Waals surface area contributed by atoms with Crippen LogP contribution >= 0.6 is 17.2 Å². The Hall–Kier alpha value is -3.53. The van der Waals surface area contributed by atoms with Gasteiger partial charge in [-0.1, -0.05) is 0 Å². The fourth-order valence-corrected chi connectivity index (χ4v) is 51.1. The molecule has 2 aliphatic carbocycles. The number of halogens is 2. The molecule has 0 saturated carbocycles. The summed E-state index contributed by atoms with van der Waals surface area (Å²) in [5.74, 6) is 0. The topological polar surface area (TPSA) is 0 Å². The maximum absolute atomic E-state index is 9.50. The van der Waals surface area contributed by atoms with Crippen molar-refractivity contribution in [2.24, 2.45) is 10.8 Å². The minimum atomic E-state index is -5.96. The third kappa shape index (κ3) is 6.28. The summed E-state index contributed by atoms with van der Waals surface area (Å²) in [5.41, 5.74) is 23.2. The molecule has 2 unspecified atom stereocenters. The van der Waals surface area contributed by atoms with Gasteiger partial charge in [-0.05, 0) is 0 Å². The second-order valence-corrected chi connectivity index (χ2v) is 51.6. The molecular weight excluding hydrogens is 950 g/mol. The molecule has 9 rings (SSSR count). The average Bonchev–Trinajstić information content (AvgIpc) is 3.90. The number of benzene rings is 6. The number of allylic oxidation sites excluding steroid dienone is 2. The van der Waals surface area contributed by atoms with Gasteiger partial charge in [-0.25, -0.2) is 0 Å². The Morgan fingerprint density at radius 2 is 0.917 bits per heavy atom. The zero-order chi connectivity index (χ0) is 42.9. The second-order valence-electron chi connectivity index (χ2n) is 20.5. The van der Waals surface area contributed by atoms with Gasteiger partial charge in [-0.2, -0.15) is 0 Å². The zero-order valence-corrected chi connectivity index (χ0v) is 44.1. The van der Waals surface area contributed by atoms with Crippen LogP contribution in [-0.2, 0) is 16.1 Å². The van der Waals surface area contributed by atoms with Crippen LogP contribution in [0.2, 0.25) is 0 Å². The molecule has 1 heterocycles. The molecule has 305 valence electrons. The maximum atomic E-state index is 9.50. The Labute approximate surface area is 370 Å². The molecule has 0 saturated heterocycles. The van der Waals surface area contributed by atoms with Gasteiger partial charge in [0.25, 0.3) is 0 Å². The predicted molar refractivity (Wildman–Crippen MR) is 264 cm³/mol. The normalized spacial score (nSPS) is 18.1. The second kappa shape index (κ2) is 14.2. The minimum absolute atomic E-state index is 0.149. The van der Waals surface area contributed by atoms with E-state index in [0.29, 0.717) is 0 Å². The van der Waals surface area contributed by atoms with Crippen molar-refractivity contribution >= 4 is 52.5 Å². The molecule has 4 heteroatoms. The van der Waals surface area contributed by atoms with Crippen molar-refractivity contribution < 1.29 is 16.1 Å². The van der Waals surface area contributed by atoms with Crippen LogP contribution in [0.15, 0.2) is 114 Å². The van der Waals surface area contributed by atoms with Crippen molar-refractivity contribution in [3.8, 4) is 33.4 Å².